The number of hydrogen-bond acceptors (Lipinski definition) is 2. The molecule has 0 bridgehead atoms. The Morgan fingerprint density at radius 2 is 0.750 bits per heavy atom. The maximum Gasteiger partial charge on any atom is 0.0377 e. The monoisotopic (exact) mass is 224 g/mol. The van der Waals surface area contributed by atoms with E-state index in [-0.39, 0.29) is 0 Å². The van der Waals surface area contributed by atoms with Gasteiger partial charge in [0.15, 0.2) is 0 Å². The minimum absolute atomic E-state index is 1.09. The molecule has 16 heavy (non-hydrogen) atoms. The van der Waals surface area contributed by atoms with E-state index in [1.165, 1.54) is 51.4 Å². The third-order valence-corrected chi connectivity index (χ3v) is 3.46. The number of nitrogens with zero attached hydrogens (tertiary/aromatic N) is 4. The van der Waals surface area contributed by atoms with E-state index in [0.29, 0.717) is 0 Å². The first-order valence-electron chi connectivity index (χ1n) is 6.86. The third kappa shape index (κ3) is 3.99. The maximum absolute atomic E-state index is 4.39. The Morgan fingerprint density at radius 1 is 0.438 bits per heavy atom. The van der Waals surface area contributed by atoms with Crippen molar-refractivity contribution in [3.8, 4) is 0 Å². The van der Waals surface area contributed by atoms with Crippen molar-refractivity contribution in [1.82, 2.24) is 10.0 Å². The van der Waals surface area contributed by atoms with Gasteiger partial charge in [0.25, 0.3) is 0 Å². The summed E-state index contributed by atoms with van der Waals surface area (Å²) >= 11 is 0. The Morgan fingerprint density at radius 3 is 1.06 bits per heavy atom. The molecule has 0 N–H and O–H groups in total. The van der Waals surface area contributed by atoms with E-state index in [4.69, 9.17) is 0 Å². The molecule has 2 aliphatic heterocycles. The van der Waals surface area contributed by atoms with Crippen LogP contribution in [0.1, 0.15) is 51.4 Å². The SMILES string of the molecule is C1CCCN(/N=N/N2CCCCCC2)CC1. The smallest absolute Gasteiger partial charge is 0.0377 e. The minimum Gasteiger partial charge on any atom is -0.277 e. The molecule has 0 aromatic heterocycles. The Hall–Kier alpha value is -0.800. The first kappa shape index (κ1) is 11.7. The topological polar surface area (TPSA) is 31.2 Å². The van der Waals surface area contributed by atoms with Gasteiger partial charge in [-0.3, -0.25) is 10.0 Å². The van der Waals surface area contributed by atoms with Crippen LogP contribution in [0.4, 0.5) is 0 Å². The van der Waals surface area contributed by atoms with E-state index >= 15 is 0 Å². The molecular weight excluding hydrogens is 200 g/mol. The molecule has 0 spiro atoms. The van der Waals surface area contributed by atoms with Crippen molar-refractivity contribution < 1.29 is 0 Å². The summed E-state index contributed by atoms with van der Waals surface area (Å²) in [6, 6.07) is 0. The van der Waals surface area contributed by atoms with E-state index in [1.54, 1.807) is 0 Å². The van der Waals surface area contributed by atoms with Crippen molar-refractivity contribution in [3.05, 3.63) is 0 Å². The zero-order chi connectivity index (χ0) is 11.1. The highest BCUT2D eigenvalue weighted by Gasteiger charge is 2.09. The van der Waals surface area contributed by atoms with Crippen molar-refractivity contribution in [2.45, 2.75) is 51.4 Å². The van der Waals surface area contributed by atoms with Crippen LogP contribution in [0.25, 0.3) is 0 Å². The molecule has 2 fully saturated rings. The van der Waals surface area contributed by atoms with Crippen molar-refractivity contribution in [2.75, 3.05) is 26.2 Å². The predicted molar refractivity (Wildman–Crippen MR) is 64.9 cm³/mol. The Balaban J connectivity index is 1.76. The lowest BCUT2D eigenvalue weighted by molar-refractivity contribution is 0.205. The normalized spacial score (nSPS) is 24.5. The van der Waals surface area contributed by atoms with Crippen molar-refractivity contribution in [1.29, 1.82) is 0 Å². The number of hydrogen-bond donors (Lipinski definition) is 0. The lowest BCUT2D eigenvalue weighted by atomic mass is 10.2. The third-order valence-electron chi connectivity index (χ3n) is 3.46. The Bertz CT molecular complexity index is 179. The van der Waals surface area contributed by atoms with E-state index in [9.17, 15) is 0 Å². The van der Waals surface area contributed by atoms with Crippen LogP contribution in [-0.2, 0) is 0 Å². The molecule has 4 nitrogen and oxygen atoms in total. The zero-order valence-electron chi connectivity index (χ0n) is 10.3. The molecule has 4 heteroatoms. The predicted octanol–water partition coefficient (Wildman–Crippen LogP) is 3.02. The summed E-state index contributed by atoms with van der Waals surface area (Å²) in [5, 5.41) is 13.1. The van der Waals surface area contributed by atoms with Crippen LogP contribution in [0, 0.1) is 0 Å². The van der Waals surface area contributed by atoms with E-state index in [0.717, 1.165) is 26.2 Å². The average molecular weight is 224 g/mol. The molecule has 0 amide bonds. The highest BCUT2D eigenvalue weighted by molar-refractivity contribution is 4.60. The second kappa shape index (κ2) is 6.71. The summed E-state index contributed by atoms with van der Waals surface area (Å²) in [5.41, 5.74) is 0. The van der Waals surface area contributed by atoms with Crippen LogP contribution in [-0.4, -0.2) is 36.2 Å². The average Bonchev–Trinajstić information content (AvgIpc) is 2.71. The highest BCUT2D eigenvalue weighted by Crippen LogP contribution is 2.12. The van der Waals surface area contributed by atoms with Crippen LogP contribution in [0.5, 0.6) is 0 Å². The van der Waals surface area contributed by atoms with E-state index in [2.05, 4.69) is 20.5 Å². The van der Waals surface area contributed by atoms with Crippen molar-refractivity contribution in [3.63, 3.8) is 0 Å². The van der Waals surface area contributed by atoms with Crippen LogP contribution < -0.4 is 0 Å². The molecule has 0 radical (unpaired) electrons. The summed E-state index contributed by atoms with van der Waals surface area (Å²) in [6.07, 6.45) is 10.5. The van der Waals surface area contributed by atoms with Gasteiger partial charge in [-0.05, 0) is 25.7 Å². The van der Waals surface area contributed by atoms with Crippen LogP contribution >= 0.6 is 0 Å². The van der Waals surface area contributed by atoms with Gasteiger partial charge >= 0.3 is 0 Å². The highest BCUT2D eigenvalue weighted by atomic mass is 15.7. The minimum atomic E-state index is 1.09. The van der Waals surface area contributed by atoms with Gasteiger partial charge in [0.2, 0.25) is 0 Å². The standard InChI is InChI=1S/C12H24N4/c1-2-6-10-15(9-5-1)13-14-16-11-7-3-4-8-12-16/h1-12H2/b14-13+. The molecule has 0 unspecified atom stereocenters. The summed E-state index contributed by atoms with van der Waals surface area (Å²) in [5.74, 6) is 0. The van der Waals surface area contributed by atoms with Crippen molar-refractivity contribution in [2.24, 2.45) is 10.4 Å². The van der Waals surface area contributed by atoms with Gasteiger partial charge in [-0.1, -0.05) is 36.1 Å². The zero-order valence-corrected chi connectivity index (χ0v) is 10.3. The second-order valence-electron chi connectivity index (χ2n) is 4.91. The van der Waals surface area contributed by atoms with Gasteiger partial charge in [0, 0.05) is 26.2 Å². The van der Waals surface area contributed by atoms with Crippen LogP contribution in [0.2, 0.25) is 0 Å². The largest absolute Gasteiger partial charge is 0.277 e. The van der Waals surface area contributed by atoms with Crippen LogP contribution in [0.3, 0.4) is 0 Å². The van der Waals surface area contributed by atoms with Gasteiger partial charge < -0.3 is 0 Å². The first-order chi connectivity index (χ1) is 7.95. The fourth-order valence-electron chi connectivity index (χ4n) is 2.40. The quantitative estimate of drug-likeness (QED) is 0.675. The first-order valence-corrected chi connectivity index (χ1v) is 6.86. The van der Waals surface area contributed by atoms with Gasteiger partial charge in [0.1, 0.15) is 0 Å². The molecule has 0 atom stereocenters. The molecule has 2 rings (SSSR count). The molecule has 0 aromatic carbocycles. The molecule has 2 saturated heterocycles. The Kier molecular flexibility index (Phi) is 4.90. The van der Waals surface area contributed by atoms with E-state index in [1.807, 2.05) is 0 Å². The van der Waals surface area contributed by atoms with Gasteiger partial charge in [0.05, 0.1) is 0 Å². The maximum atomic E-state index is 4.39. The molecule has 0 aliphatic carbocycles. The number of rotatable bonds is 2. The lowest BCUT2D eigenvalue weighted by Gasteiger charge is -2.18. The van der Waals surface area contributed by atoms with Crippen LogP contribution in [0.15, 0.2) is 10.4 Å². The molecule has 2 heterocycles. The lowest BCUT2D eigenvalue weighted by Crippen LogP contribution is -2.22. The molecule has 0 aromatic rings. The molecule has 2 aliphatic rings. The fourth-order valence-corrected chi connectivity index (χ4v) is 2.40. The second-order valence-corrected chi connectivity index (χ2v) is 4.91. The summed E-state index contributed by atoms with van der Waals surface area (Å²) in [6.45, 7) is 4.38. The fraction of sp³-hybridized carbons (Fsp3) is 1.00. The Labute approximate surface area is 98.6 Å². The van der Waals surface area contributed by atoms with Crippen molar-refractivity contribution >= 4 is 0 Å². The van der Waals surface area contributed by atoms with Gasteiger partial charge in [-0.2, -0.15) is 0 Å². The molecule has 92 valence electrons. The van der Waals surface area contributed by atoms with Gasteiger partial charge in [-0.15, -0.1) is 0 Å². The summed E-state index contributed by atoms with van der Waals surface area (Å²) in [7, 11) is 0. The molecule has 0 saturated carbocycles. The van der Waals surface area contributed by atoms with Gasteiger partial charge in [-0.25, -0.2) is 0 Å². The van der Waals surface area contributed by atoms with E-state index < -0.39 is 0 Å². The summed E-state index contributed by atoms with van der Waals surface area (Å²) < 4.78 is 0. The molecular formula is C12H24N4. The summed E-state index contributed by atoms with van der Waals surface area (Å²) in [4.78, 5) is 0.